The first-order valence-corrected chi connectivity index (χ1v) is 5.57. The van der Waals surface area contributed by atoms with E-state index in [1.165, 1.54) is 11.3 Å². The molecule has 0 aliphatic carbocycles. The van der Waals surface area contributed by atoms with Gasteiger partial charge in [-0.15, -0.1) is 11.3 Å². The maximum absolute atomic E-state index is 10.9. The van der Waals surface area contributed by atoms with Gasteiger partial charge in [-0.25, -0.2) is 4.79 Å². The number of hydrogen-bond acceptors (Lipinski definition) is 4. The van der Waals surface area contributed by atoms with Crippen LogP contribution in [0.4, 0.5) is 0 Å². The van der Waals surface area contributed by atoms with Crippen molar-refractivity contribution in [1.29, 1.82) is 0 Å². The summed E-state index contributed by atoms with van der Waals surface area (Å²) in [6, 6.07) is 1.79. The van der Waals surface area contributed by atoms with Gasteiger partial charge in [0.05, 0.1) is 0 Å². The minimum atomic E-state index is -0.945. The summed E-state index contributed by atoms with van der Waals surface area (Å²) >= 11 is 1.26. The smallest absolute Gasteiger partial charge is 0.349 e. The maximum Gasteiger partial charge on any atom is 0.349 e. The van der Waals surface area contributed by atoms with Crippen LogP contribution in [-0.4, -0.2) is 24.2 Å². The second-order valence-electron chi connectivity index (χ2n) is 3.44. The van der Waals surface area contributed by atoms with Gasteiger partial charge in [0.1, 0.15) is 12.4 Å². The van der Waals surface area contributed by atoms with Crippen LogP contribution in [0.5, 0.6) is 5.75 Å². The lowest BCUT2D eigenvalue weighted by atomic mass is 10.2. The summed E-state index contributed by atoms with van der Waals surface area (Å²) in [6.07, 6.45) is 0. The Kier molecular flexibility index (Phi) is 4.11. The molecule has 0 fully saturated rings. The predicted octanol–water partition coefficient (Wildman–Crippen LogP) is 1.91. The van der Waals surface area contributed by atoms with Crippen molar-refractivity contribution in [2.75, 3.05) is 13.2 Å². The van der Waals surface area contributed by atoms with Crippen molar-refractivity contribution in [2.45, 2.75) is 19.8 Å². The fraction of sp³-hybridized carbons (Fsp3) is 0.500. The Labute approximate surface area is 92.7 Å². The van der Waals surface area contributed by atoms with Gasteiger partial charge in [0, 0.05) is 11.4 Å². The Morgan fingerprint density at radius 1 is 1.67 bits per heavy atom. The standard InChI is InChI=1S/C10H15NO3S/c1-6(2)8-5-7(14-4-3-11)9(15-8)10(12)13/h5-6H,3-4,11H2,1-2H3,(H,12,13). The van der Waals surface area contributed by atoms with E-state index >= 15 is 0 Å². The number of rotatable bonds is 5. The molecule has 4 nitrogen and oxygen atoms in total. The zero-order valence-electron chi connectivity index (χ0n) is 8.82. The monoisotopic (exact) mass is 229 g/mol. The normalized spacial score (nSPS) is 10.7. The minimum absolute atomic E-state index is 0.257. The molecule has 5 heteroatoms. The van der Waals surface area contributed by atoms with Crippen LogP contribution in [0.3, 0.4) is 0 Å². The topological polar surface area (TPSA) is 72.5 Å². The Hall–Kier alpha value is -1.07. The van der Waals surface area contributed by atoms with Gasteiger partial charge in [-0.2, -0.15) is 0 Å². The summed E-state index contributed by atoms with van der Waals surface area (Å²) < 4.78 is 5.28. The SMILES string of the molecule is CC(C)c1cc(OCCN)c(C(=O)O)s1. The van der Waals surface area contributed by atoms with E-state index in [4.69, 9.17) is 15.6 Å². The molecule has 3 N–H and O–H groups in total. The van der Waals surface area contributed by atoms with Crippen LogP contribution >= 0.6 is 11.3 Å². The molecule has 0 radical (unpaired) electrons. The van der Waals surface area contributed by atoms with Gasteiger partial charge >= 0.3 is 5.97 Å². The highest BCUT2D eigenvalue weighted by Crippen LogP contribution is 2.33. The van der Waals surface area contributed by atoms with E-state index in [0.717, 1.165) is 4.88 Å². The fourth-order valence-corrected chi connectivity index (χ4v) is 2.05. The van der Waals surface area contributed by atoms with Gasteiger partial charge in [-0.05, 0) is 12.0 Å². The van der Waals surface area contributed by atoms with Crippen molar-refractivity contribution >= 4 is 17.3 Å². The summed E-state index contributed by atoms with van der Waals surface area (Å²) in [5.74, 6) is -0.205. The average molecular weight is 229 g/mol. The fourth-order valence-electron chi connectivity index (χ4n) is 1.10. The maximum atomic E-state index is 10.9. The van der Waals surface area contributed by atoms with Crippen LogP contribution in [-0.2, 0) is 0 Å². The molecular weight excluding hydrogens is 214 g/mol. The molecule has 0 aliphatic heterocycles. The van der Waals surface area contributed by atoms with Crippen molar-refractivity contribution < 1.29 is 14.6 Å². The van der Waals surface area contributed by atoms with E-state index in [-0.39, 0.29) is 4.88 Å². The molecule has 0 saturated carbocycles. The highest BCUT2D eigenvalue weighted by molar-refractivity contribution is 7.14. The predicted molar refractivity (Wildman–Crippen MR) is 59.9 cm³/mol. The van der Waals surface area contributed by atoms with Crippen LogP contribution in [0.25, 0.3) is 0 Å². The second-order valence-corrected chi connectivity index (χ2v) is 4.52. The highest BCUT2D eigenvalue weighted by Gasteiger charge is 2.17. The molecule has 1 aromatic heterocycles. The van der Waals surface area contributed by atoms with Crippen molar-refractivity contribution in [3.8, 4) is 5.75 Å². The molecule has 0 saturated heterocycles. The van der Waals surface area contributed by atoms with Gasteiger partial charge in [0.15, 0.2) is 4.88 Å². The van der Waals surface area contributed by atoms with Crippen LogP contribution in [0.15, 0.2) is 6.07 Å². The molecule has 1 heterocycles. The molecule has 0 spiro atoms. The van der Waals surface area contributed by atoms with E-state index in [2.05, 4.69) is 0 Å². The summed E-state index contributed by atoms with van der Waals surface area (Å²) in [4.78, 5) is 12.2. The molecule has 0 unspecified atom stereocenters. The number of aromatic carboxylic acids is 1. The zero-order chi connectivity index (χ0) is 11.4. The lowest BCUT2D eigenvalue weighted by Gasteiger charge is -2.02. The summed E-state index contributed by atoms with van der Waals surface area (Å²) in [7, 11) is 0. The number of carboxylic acids is 1. The van der Waals surface area contributed by atoms with E-state index in [1.807, 2.05) is 13.8 Å². The van der Waals surface area contributed by atoms with Crippen LogP contribution in [0.1, 0.15) is 34.3 Å². The molecule has 0 amide bonds. The molecule has 0 aromatic carbocycles. The third-order valence-electron chi connectivity index (χ3n) is 1.86. The van der Waals surface area contributed by atoms with Gasteiger partial charge in [-0.1, -0.05) is 13.8 Å². The Bertz CT molecular complexity index is 346. The number of ether oxygens (including phenoxy) is 1. The second kappa shape index (κ2) is 5.14. The van der Waals surface area contributed by atoms with Gasteiger partial charge in [0.2, 0.25) is 0 Å². The lowest BCUT2D eigenvalue weighted by molar-refractivity contribution is 0.0698. The molecule has 0 aliphatic rings. The first-order chi connectivity index (χ1) is 7.06. The zero-order valence-corrected chi connectivity index (χ0v) is 9.63. The molecule has 15 heavy (non-hydrogen) atoms. The lowest BCUT2D eigenvalue weighted by Crippen LogP contribution is -2.11. The number of hydrogen-bond donors (Lipinski definition) is 2. The highest BCUT2D eigenvalue weighted by atomic mass is 32.1. The van der Waals surface area contributed by atoms with Crippen molar-refractivity contribution in [3.63, 3.8) is 0 Å². The molecule has 1 aromatic rings. The Morgan fingerprint density at radius 2 is 2.33 bits per heavy atom. The first kappa shape index (κ1) is 12.0. The van der Waals surface area contributed by atoms with Crippen LogP contribution in [0.2, 0.25) is 0 Å². The van der Waals surface area contributed by atoms with Crippen molar-refractivity contribution in [2.24, 2.45) is 5.73 Å². The number of carbonyl (C=O) groups is 1. The quantitative estimate of drug-likeness (QED) is 0.809. The van der Waals surface area contributed by atoms with Crippen LogP contribution < -0.4 is 10.5 Å². The first-order valence-electron chi connectivity index (χ1n) is 4.76. The van der Waals surface area contributed by atoms with E-state index in [9.17, 15) is 4.79 Å². The van der Waals surface area contributed by atoms with Crippen molar-refractivity contribution in [1.82, 2.24) is 0 Å². The Balaban J connectivity index is 2.95. The van der Waals surface area contributed by atoms with Gasteiger partial charge in [0.25, 0.3) is 0 Å². The minimum Gasteiger partial charge on any atom is -0.490 e. The van der Waals surface area contributed by atoms with Gasteiger partial charge in [-0.3, -0.25) is 0 Å². The number of carboxylic acid groups (broad SMARTS) is 1. The van der Waals surface area contributed by atoms with Crippen LogP contribution in [0, 0.1) is 0 Å². The number of nitrogens with two attached hydrogens (primary N) is 1. The van der Waals surface area contributed by atoms with E-state index < -0.39 is 5.97 Å². The third-order valence-corrected chi connectivity index (χ3v) is 3.26. The average Bonchev–Trinajstić information content (AvgIpc) is 2.58. The Morgan fingerprint density at radius 3 is 2.80 bits per heavy atom. The summed E-state index contributed by atoms with van der Waals surface area (Å²) in [5.41, 5.74) is 5.30. The molecule has 0 bridgehead atoms. The number of thiophene rings is 1. The largest absolute Gasteiger partial charge is 0.490 e. The van der Waals surface area contributed by atoms with Gasteiger partial charge < -0.3 is 15.6 Å². The van der Waals surface area contributed by atoms with Crippen molar-refractivity contribution in [3.05, 3.63) is 15.8 Å². The van der Waals surface area contributed by atoms with E-state index in [0.29, 0.717) is 24.8 Å². The third kappa shape index (κ3) is 2.94. The summed E-state index contributed by atoms with van der Waals surface area (Å²) in [5, 5.41) is 8.96. The summed E-state index contributed by atoms with van der Waals surface area (Å²) in [6.45, 7) is 4.76. The molecular formula is C10H15NO3S. The molecule has 84 valence electrons. The molecule has 0 atom stereocenters. The molecule has 1 rings (SSSR count). The van der Waals surface area contributed by atoms with E-state index in [1.54, 1.807) is 6.07 Å².